The minimum Gasteiger partial charge on any atom is -0.349 e. The number of rotatable bonds is 5. The lowest BCUT2D eigenvalue weighted by Gasteiger charge is -2.32. The van der Waals surface area contributed by atoms with Crippen molar-refractivity contribution in [2.45, 2.75) is 51.5 Å². The second-order valence-corrected chi connectivity index (χ2v) is 10.5. The molecule has 1 N–H and O–H groups in total. The summed E-state index contributed by atoms with van der Waals surface area (Å²) in [6.07, 6.45) is 1.10. The van der Waals surface area contributed by atoms with E-state index in [4.69, 9.17) is 0 Å². The zero-order valence-corrected chi connectivity index (χ0v) is 18.5. The highest BCUT2D eigenvalue weighted by Gasteiger charge is 2.34. The summed E-state index contributed by atoms with van der Waals surface area (Å²) in [5, 5.41) is 5.06. The van der Waals surface area contributed by atoms with Crippen LogP contribution in [-0.4, -0.2) is 31.7 Å². The number of benzene rings is 1. The summed E-state index contributed by atoms with van der Waals surface area (Å²) in [7, 11) is -3.54. The number of aryl methyl sites for hydroxylation is 3. The summed E-state index contributed by atoms with van der Waals surface area (Å²) in [6, 6.07) is 7.78. The predicted molar refractivity (Wildman–Crippen MR) is 113 cm³/mol. The zero-order valence-electron chi connectivity index (χ0n) is 16.9. The molecule has 0 spiro atoms. The molecule has 2 heterocycles. The van der Waals surface area contributed by atoms with E-state index in [1.54, 1.807) is 11.3 Å². The van der Waals surface area contributed by atoms with Gasteiger partial charge < -0.3 is 5.32 Å². The maximum Gasteiger partial charge on any atom is 0.243 e. The predicted octanol–water partition coefficient (Wildman–Crippen LogP) is 3.95. The first-order valence-corrected chi connectivity index (χ1v) is 11.9. The van der Waals surface area contributed by atoms with Crippen molar-refractivity contribution in [1.29, 1.82) is 0 Å². The van der Waals surface area contributed by atoms with Crippen LogP contribution < -0.4 is 5.32 Å². The van der Waals surface area contributed by atoms with Crippen LogP contribution in [0.5, 0.6) is 0 Å². The molecule has 1 aromatic heterocycles. The van der Waals surface area contributed by atoms with Gasteiger partial charge in [-0.25, -0.2) is 8.42 Å². The minimum absolute atomic E-state index is 0.0145. The first-order chi connectivity index (χ1) is 13.2. The van der Waals surface area contributed by atoms with Gasteiger partial charge in [-0.05, 0) is 63.1 Å². The minimum atomic E-state index is -3.54. The zero-order chi connectivity index (χ0) is 20.5. The summed E-state index contributed by atoms with van der Waals surface area (Å²) in [5.41, 5.74) is 2.62. The number of hydrogen-bond donors (Lipinski definition) is 1. The van der Waals surface area contributed by atoms with E-state index in [-0.39, 0.29) is 17.9 Å². The van der Waals surface area contributed by atoms with E-state index in [0.29, 0.717) is 30.8 Å². The number of nitrogens with one attached hydrogen (secondary N) is 1. The van der Waals surface area contributed by atoms with Crippen LogP contribution in [0.25, 0.3) is 0 Å². The number of sulfonamides is 1. The molecule has 1 saturated heterocycles. The molecule has 5 nitrogen and oxygen atoms in total. The van der Waals surface area contributed by atoms with Crippen LogP contribution in [0.3, 0.4) is 0 Å². The van der Waals surface area contributed by atoms with E-state index in [9.17, 15) is 13.2 Å². The SMILES string of the molecule is Cc1cc(C)c(S(=O)(=O)N2CCC(C(=O)NC(C)c3cccs3)CC2)c(C)c1. The van der Waals surface area contributed by atoms with E-state index in [2.05, 4.69) is 5.32 Å². The topological polar surface area (TPSA) is 66.5 Å². The van der Waals surface area contributed by atoms with Gasteiger partial charge >= 0.3 is 0 Å². The summed E-state index contributed by atoms with van der Waals surface area (Å²) in [5.74, 6) is -0.130. The molecular weight excluding hydrogens is 392 g/mol. The number of hydrogen-bond acceptors (Lipinski definition) is 4. The van der Waals surface area contributed by atoms with Crippen LogP contribution >= 0.6 is 11.3 Å². The Balaban J connectivity index is 1.65. The molecule has 1 aliphatic heterocycles. The summed E-state index contributed by atoms with van der Waals surface area (Å²) in [4.78, 5) is 14.1. The lowest BCUT2D eigenvalue weighted by atomic mass is 9.97. The van der Waals surface area contributed by atoms with Crippen LogP contribution in [0.4, 0.5) is 0 Å². The molecule has 0 bridgehead atoms. The number of thiophene rings is 1. The fraction of sp³-hybridized carbons (Fsp3) is 0.476. The smallest absolute Gasteiger partial charge is 0.243 e. The quantitative estimate of drug-likeness (QED) is 0.796. The highest BCUT2D eigenvalue weighted by atomic mass is 32.2. The van der Waals surface area contributed by atoms with Gasteiger partial charge in [0.05, 0.1) is 10.9 Å². The molecule has 1 atom stereocenters. The van der Waals surface area contributed by atoms with E-state index < -0.39 is 10.0 Å². The van der Waals surface area contributed by atoms with Gasteiger partial charge in [0.1, 0.15) is 0 Å². The second-order valence-electron chi connectivity index (χ2n) is 7.65. The van der Waals surface area contributed by atoms with Crippen LogP contribution in [0.15, 0.2) is 34.5 Å². The lowest BCUT2D eigenvalue weighted by molar-refractivity contribution is -0.126. The van der Waals surface area contributed by atoms with Crippen LogP contribution in [0.2, 0.25) is 0 Å². The standard InChI is InChI=1S/C21H28N2O3S2/c1-14-12-15(2)20(16(3)13-14)28(25,26)23-9-7-18(8-10-23)21(24)22-17(4)19-6-5-11-27-19/h5-6,11-13,17-18H,7-10H2,1-4H3,(H,22,24). The van der Waals surface area contributed by atoms with Gasteiger partial charge in [0.2, 0.25) is 15.9 Å². The molecule has 1 aromatic carbocycles. The summed E-state index contributed by atoms with van der Waals surface area (Å²) in [6.45, 7) is 8.39. The van der Waals surface area contributed by atoms with Gasteiger partial charge in [0, 0.05) is 23.9 Å². The van der Waals surface area contributed by atoms with Gasteiger partial charge in [-0.15, -0.1) is 11.3 Å². The van der Waals surface area contributed by atoms with Crippen molar-refractivity contribution in [3.05, 3.63) is 51.2 Å². The van der Waals surface area contributed by atoms with E-state index in [0.717, 1.165) is 21.6 Å². The first kappa shape index (κ1) is 21.0. The first-order valence-electron chi connectivity index (χ1n) is 9.62. The molecule has 1 fully saturated rings. The van der Waals surface area contributed by atoms with Gasteiger partial charge in [-0.2, -0.15) is 4.31 Å². The molecule has 0 aliphatic carbocycles. The van der Waals surface area contributed by atoms with Gasteiger partial charge in [0.25, 0.3) is 0 Å². The Bertz CT molecular complexity index is 921. The van der Waals surface area contributed by atoms with Crippen LogP contribution in [0.1, 0.15) is 47.4 Å². The van der Waals surface area contributed by atoms with Gasteiger partial charge in [0.15, 0.2) is 0 Å². The molecule has 2 aromatic rings. The van der Waals surface area contributed by atoms with Crippen LogP contribution in [-0.2, 0) is 14.8 Å². The van der Waals surface area contributed by atoms with Crippen molar-refractivity contribution in [3.8, 4) is 0 Å². The van der Waals surface area contributed by atoms with Crippen molar-refractivity contribution in [2.24, 2.45) is 5.92 Å². The van der Waals surface area contributed by atoms with E-state index in [1.165, 1.54) is 4.31 Å². The van der Waals surface area contributed by atoms with Crippen molar-refractivity contribution in [3.63, 3.8) is 0 Å². The number of piperidine rings is 1. The average molecular weight is 421 g/mol. The lowest BCUT2D eigenvalue weighted by Crippen LogP contribution is -2.43. The highest BCUT2D eigenvalue weighted by molar-refractivity contribution is 7.89. The monoisotopic (exact) mass is 420 g/mol. The Morgan fingerprint density at radius 2 is 1.79 bits per heavy atom. The molecule has 3 rings (SSSR count). The number of carbonyl (C=O) groups excluding carboxylic acids is 1. The Morgan fingerprint density at radius 1 is 1.18 bits per heavy atom. The van der Waals surface area contributed by atoms with Crippen LogP contribution in [0, 0.1) is 26.7 Å². The molecule has 1 amide bonds. The van der Waals surface area contributed by atoms with Crippen molar-refractivity contribution in [1.82, 2.24) is 9.62 Å². The maximum atomic E-state index is 13.2. The maximum absolute atomic E-state index is 13.2. The van der Waals surface area contributed by atoms with Crippen molar-refractivity contribution >= 4 is 27.3 Å². The van der Waals surface area contributed by atoms with E-state index >= 15 is 0 Å². The number of nitrogens with zero attached hydrogens (tertiary/aromatic N) is 1. The van der Waals surface area contributed by atoms with Crippen molar-refractivity contribution < 1.29 is 13.2 Å². The number of carbonyl (C=O) groups is 1. The molecular formula is C21H28N2O3S2. The van der Waals surface area contributed by atoms with Gasteiger partial charge in [-0.3, -0.25) is 4.79 Å². The Kier molecular flexibility index (Phi) is 6.27. The Morgan fingerprint density at radius 3 is 2.32 bits per heavy atom. The highest BCUT2D eigenvalue weighted by Crippen LogP contribution is 2.29. The fourth-order valence-electron chi connectivity index (χ4n) is 4.00. The third kappa shape index (κ3) is 4.31. The molecule has 0 saturated carbocycles. The summed E-state index contributed by atoms with van der Waals surface area (Å²) >= 11 is 1.62. The molecule has 7 heteroatoms. The molecule has 0 radical (unpaired) electrons. The normalized spacial score (nSPS) is 17.4. The summed E-state index contributed by atoms with van der Waals surface area (Å²) < 4.78 is 27.9. The Labute approximate surface area is 171 Å². The second kappa shape index (κ2) is 8.35. The fourth-order valence-corrected chi connectivity index (χ4v) is 6.62. The average Bonchev–Trinajstić information content (AvgIpc) is 3.15. The van der Waals surface area contributed by atoms with Crippen molar-refractivity contribution in [2.75, 3.05) is 13.1 Å². The molecule has 1 unspecified atom stereocenters. The third-order valence-corrected chi connectivity index (χ3v) is 8.62. The molecule has 28 heavy (non-hydrogen) atoms. The number of amides is 1. The van der Waals surface area contributed by atoms with E-state index in [1.807, 2.05) is 57.3 Å². The Hall–Kier alpha value is -1.70. The largest absolute Gasteiger partial charge is 0.349 e. The third-order valence-electron chi connectivity index (χ3n) is 5.36. The molecule has 152 valence electrons. The van der Waals surface area contributed by atoms with Gasteiger partial charge in [-0.1, -0.05) is 23.8 Å². The molecule has 1 aliphatic rings.